The van der Waals surface area contributed by atoms with Gasteiger partial charge in [-0.25, -0.2) is 0 Å². The Balaban J connectivity index is 1.72. The Hall–Kier alpha value is -1.71. The van der Waals surface area contributed by atoms with E-state index in [-0.39, 0.29) is 5.54 Å². The fourth-order valence-electron chi connectivity index (χ4n) is 3.72. The minimum absolute atomic E-state index is 0.158. The van der Waals surface area contributed by atoms with Crippen molar-refractivity contribution in [2.75, 3.05) is 24.5 Å². The summed E-state index contributed by atoms with van der Waals surface area (Å²) < 4.78 is 0. The molecule has 1 unspecified atom stereocenters. The van der Waals surface area contributed by atoms with Crippen LogP contribution in [0.1, 0.15) is 33.1 Å². The number of nitrogens with zero attached hydrogens (tertiary/aromatic N) is 3. The molecule has 1 aromatic rings. The van der Waals surface area contributed by atoms with Crippen molar-refractivity contribution >= 4 is 11.6 Å². The minimum Gasteiger partial charge on any atom is -0.371 e. The second kappa shape index (κ2) is 5.58. The van der Waals surface area contributed by atoms with E-state index in [1.54, 1.807) is 0 Å². The second-order valence-corrected chi connectivity index (χ2v) is 6.35. The maximum Gasteiger partial charge on any atom is 0.192 e. The molecule has 0 bridgehead atoms. The molecule has 4 heteroatoms. The zero-order chi connectivity index (χ0) is 14.9. The quantitative estimate of drug-likeness (QED) is 0.928. The lowest BCUT2D eigenvalue weighted by molar-refractivity contribution is 0.122. The summed E-state index contributed by atoms with van der Waals surface area (Å²) in [6, 6.07) is 11.2. The number of benzene rings is 1. The molecule has 1 aromatic carbocycles. The molecule has 2 heterocycles. The lowest BCUT2D eigenvalue weighted by atomic mass is 9.85. The van der Waals surface area contributed by atoms with E-state index in [1.165, 1.54) is 5.69 Å². The summed E-state index contributed by atoms with van der Waals surface area (Å²) in [5, 5.41) is 0. The van der Waals surface area contributed by atoms with Crippen molar-refractivity contribution in [3.8, 4) is 0 Å². The van der Waals surface area contributed by atoms with Crippen LogP contribution in [0, 0.1) is 0 Å². The molecule has 1 fully saturated rings. The number of hydrogen-bond acceptors (Lipinski definition) is 4. The number of guanidine groups is 1. The molecule has 2 aliphatic heterocycles. The molecule has 1 spiro atoms. The number of para-hydroxylation sites is 1. The molecular formula is C17H26N4. The van der Waals surface area contributed by atoms with Gasteiger partial charge in [0.15, 0.2) is 5.96 Å². The van der Waals surface area contributed by atoms with Crippen molar-refractivity contribution in [1.29, 1.82) is 0 Å². The van der Waals surface area contributed by atoms with E-state index >= 15 is 0 Å². The molecule has 0 radical (unpaired) electrons. The maximum atomic E-state index is 6.17. The zero-order valence-electron chi connectivity index (χ0n) is 13.1. The Morgan fingerprint density at radius 2 is 1.90 bits per heavy atom. The second-order valence-electron chi connectivity index (χ2n) is 6.35. The third kappa shape index (κ3) is 2.47. The minimum atomic E-state index is 0.158. The van der Waals surface area contributed by atoms with Crippen LogP contribution >= 0.6 is 0 Å². The van der Waals surface area contributed by atoms with Crippen LogP contribution < -0.4 is 10.6 Å². The molecule has 114 valence electrons. The average molecular weight is 286 g/mol. The highest BCUT2D eigenvalue weighted by molar-refractivity contribution is 5.81. The van der Waals surface area contributed by atoms with Crippen LogP contribution in [0.3, 0.4) is 0 Å². The van der Waals surface area contributed by atoms with Gasteiger partial charge in [-0.05, 0) is 38.3 Å². The highest BCUT2D eigenvalue weighted by Gasteiger charge is 2.45. The van der Waals surface area contributed by atoms with Crippen LogP contribution in [-0.4, -0.2) is 42.1 Å². The van der Waals surface area contributed by atoms with E-state index in [1.807, 2.05) is 0 Å². The molecule has 0 amide bonds. The van der Waals surface area contributed by atoms with Gasteiger partial charge >= 0.3 is 0 Å². The summed E-state index contributed by atoms with van der Waals surface area (Å²) in [5.41, 5.74) is 7.65. The van der Waals surface area contributed by atoms with Gasteiger partial charge in [0.1, 0.15) is 0 Å². The molecular weight excluding hydrogens is 260 g/mol. The molecule has 0 saturated carbocycles. The average Bonchev–Trinajstić information content (AvgIpc) is 2.85. The van der Waals surface area contributed by atoms with E-state index in [9.17, 15) is 0 Å². The molecule has 1 atom stereocenters. The van der Waals surface area contributed by atoms with Crippen LogP contribution in [0.15, 0.2) is 35.3 Å². The van der Waals surface area contributed by atoms with Crippen LogP contribution in [0.2, 0.25) is 0 Å². The van der Waals surface area contributed by atoms with Crippen molar-refractivity contribution in [1.82, 2.24) is 4.90 Å². The first-order valence-electron chi connectivity index (χ1n) is 8.05. The fraction of sp³-hybridized carbons (Fsp3) is 0.588. The van der Waals surface area contributed by atoms with E-state index in [0.29, 0.717) is 6.04 Å². The number of hydrogen-bond donors (Lipinski definition) is 1. The number of rotatable bonds is 3. The fourth-order valence-corrected chi connectivity index (χ4v) is 3.72. The lowest BCUT2D eigenvalue weighted by Crippen LogP contribution is -2.59. The van der Waals surface area contributed by atoms with Gasteiger partial charge in [0.25, 0.3) is 0 Å². The third-order valence-corrected chi connectivity index (χ3v) is 5.14. The topological polar surface area (TPSA) is 44.9 Å². The van der Waals surface area contributed by atoms with Crippen molar-refractivity contribution in [3.63, 3.8) is 0 Å². The number of anilines is 1. The first-order valence-corrected chi connectivity index (χ1v) is 8.05. The summed E-state index contributed by atoms with van der Waals surface area (Å²) in [5.74, 6) is 0.748. The maximum absolute atomic E-state index is 6.17. The molecule has 2 N–H and O–H groups in total. The van der Waals surface area contributed by atoms with Crippen molar-refractivity contribution < 1.29 is 0 Å². The predicted octanol–water partition coefficient (Wildman–Crippen LogP) is 2.45. The van der Waals surface area contributed by atoms with Gasteiger partial charge in [0, 0.05) is 24.8 Å². The third-order valence-electron chi connectivity index (χ3n) is 5.14. The predicted molar refractivity (Wildman–Crippen MR) is 88.7 cm³/mol. The van der Waals surface area contributed by atoms with Crippen LogP contribution in [0.5, 0.6) is 0 Å². The first-order chi connectivity index (χ1) is 10.2. The van der Waals surface area contributed by atoms with Gasteiger partial charge < -0.3 is 15.5 Å². The number of piperidine rings is 1. The Morgan fingerprint density at radius 1 is 1.24 bits per heavy atom. The van der Waals surface area contributed by atoms with Crippen molar-refractivity contribution in [2.45, 2.75) is 44.7 Å². The van der Waals surface area contributed by atoms with Gasteiger partial charge in [-0.2, -0.15) is 0 Å². The summed E-state index contributed by atoms with van der Waals surface area (Å²) in [4.78, 5) is 9.44. The van der Waals surface area contributed by atoms with Gasteiger partial charge in [-0.15, -0.1) is 0 Å². The summed E-state index contributed by atoms with van der Waals surface area (Å²) in [6.45, 7) is 7.52. The molecule has 0 aromatic heterocycles. The smallest absolute Gasteiger partial charge is 0.192 e. The molecule has 4 nitrogen and oxygen atoms in total. The highest BCUT2D eigenvalue weighted by Crippen LogP contribution is 2.36. The standard InChI is InChI=1S/C17H26N4/c1-3-14(2)21-16(18)19-13-17(21)9-11-20(12-10-17)15-7-5-4-6-8-15/h4-8,14H,3,9-13H2,1-2H3,(H2,18,19). The summed E-state index contributed by atoms with van der Waals surface area (Å²) in [7, 11) is 0. The Bertz CT molecular complexity index is 503. The van der Waals surface area contributed by atoms with Crippen LogP contribution in [0.25, 0.3) is 0 Å². The Labute approximate surface area is 127 Å². The van der Waals surface area contributed by atoms with Crippen molar-refractivity contribution in [2.24, 2.45) is 10.7 Å². The van der Waals surface area contributed by atoms with E-state index in [4.69, 9.17) is 5.73 Å². The SMILES string of the molecule is CCC(C)N1C(N)=NCC12CCN(c1ccccc1)CC2. The van der Waals surface area contributed by atoms with Gasteiger partial charge in [0.05, 0.1) is 12.1 Å². The zero-order valence-corrected chi connectivity index (χ0v) is 13.1. The molecule has 21 heavy (non-hydrogen) atoms. The van der Waals surface area contributed by atoms with Gasteiger partial charge in [0.2, 0.25) is 0 Å². The van der Waals surface area contributed by atoms with E-state index in [0.717, 1.165) is 44.9 Å². The van der Waals surface area contributed by atoms with Crippen LogP contribution in [0.4, 0.5) is 5.69 Å². The number of nitrogens with two attached hydrogens (primary N) is 1. The molecule has 1 saturated heterocycles. The van der Waals surface area contributed by atoms with Gasteiger partial charge in [-0.1, -0.05) is 25.1 Å². The van der Waals surface area contributed by atoms with E-state index < -0.39 is 0 Å². The van der Waals surface area contributed by atoms with Gasteiger partial charge in [-0.3, -0.25) is 4.99 Å². The monoisotopic (exact) mass is 286 g/mol. The van der Waals surface area contributed by atoms with Crippen molar-refractivity contribution in [3.05, 3.63) is 30.3 Å². The molecule has 2 aliphatic rings. The highest BCUT2D eigenvalue weighted by atomic mass is 15.4. The Morgan fingerprint density at radius 3 is 2.52 bits per heavy atom. The first kappa shape index (κ1) is 14.2. The molecule has 0 aliphatic carbocycles. The van der Waals surface area contributed by atoms with E-state index in [2.05, 4.69) is 59.0 Å². The lowest BCUT2D eigenvalue weighted by Gasteiger charge is -2.48. The van der Waals surface area contributed by atoms with Crippen LogP contribution in [-0.2, 0) is 0 Å². The Kier molecular flexibility index (Phi) is 3.79. The summed E-state index contributed by atoms with van der Waals surface area (Å²) in [6.07, 6.45) is 3.38. The normalized spacial score (nSPS) is 22.5. The number of aliphatic imine (C=N–C) groups is 1. The largest absolute Gasteiger partial charge is 0.371 e. The molecule has 3 rings (SSSR count). The summed E-state index contributed by atoms with van der Waals surface area (Å²) >= 11 is 0.